The number of ether oxygens (including phenoxy) is 1. The molecule has 1 saturated carbocycles. The van der Waals surface area contributed by atoms with E-state index in [1.807, 2.05) is 6.07 Å². The monoisotopic (exact) mass is 254 g/mol. The Morgan fingerprint density at radius 1 is 1.47 bits per heavy atom. The molecule has 0 aliphatic heterocycles. The SMILES string of the molecule is CC1CCCCC1Oc1nccc(CN)c1Cl. The van der Waals surface area contributed by atoms with Crippen LogP contribution < -0.4 is 10.5 Å². The highest BCUT2D eigenvalue weighted by Crippen LogP contribution is 2.31. The van der Waals surface area contributed by atoms with E-state index in [9.17, 15) is 0 Å². The minimum atomic E-state index is 0.238. The number of hydrogen-bond acceptors (Lipinski definition) is 3. The molecule has 94 valence electrons. The lowest BCUT2D eigenvalue weighted by atomic mass is 9.88. The summed E-state index contributed by atoms with van der Waals surface area (Å²) < 4.78 is 5.94. The van der Waals surface area contributed by atoms with Crippen molar-refractivity contribution in [3.05, 3.63) is 22.8 Å². The Labute approximate surface area is 107 Å². The summed E-state index contributed by atoms with van der Waals surface area (Å²) in [7, 11) is 0. The molecule has 0 amide bonds. The molecule has 2 N–H and O–H groups in total. The van der Waals surface area contributed by atoms with Gasteiger partial charge in [0.15, 0.2) is 0 Å². The highest BCUT2D eigenvalue weighted by Gasteiger charge is 2.24. The van der Waals surface area contributed by atoms with E-state index in [0.29, 0.717) is 23.4 Å². The van der Waals surface area contributed by atoms with Crippen molar-refractivity contribution in [1.29, 1.82) is 0 Å². The third kappa shape index (κ3) is 2.90. The molecule has 0 bridgehead atoms. The molecule has 4 heteroatoms. The van der Waals surface area contributed by atoms with Crippen LogP contribution in [0.1, 0.15) is 38.2 Å². The molecule has 0 aromatic carbocycles. The predicted octanol–water partition coefficient (Wildman–Crippen LogP) is 3.15. The van der Waals surface area contributed by atoms with Crippen molar-refractivity contribution in [3.8, 4) is 5.88 Å². The topological polar surface area (TPSA) is 48.1 Å². The lowest BCUT2D eigenvalue weighted by molar-refractivity contribution is 0.0976. The van der Waals surface area contributed by atoms with Crippen LogP contribution in [0.5, 0.6) is 5.88 Å². The maximum absolute atomic E-state index is 6.21. The van der Waals surface area contributed by atoms with Crippen LogP contribution in [0.25, 0.3) is 0 Å². The fourth-order valence-corrected chi connectivity index (χ4v) is 2.54. The summed E-state index contributed by atoms with van der Waals surface area (Å²) in [5.74, 6) is 1.11. The second-order valence-electron chi connectivity index (χ2n) is 4.71. The average molecular weight is 255 g/mol. The Morgan fingerprint density at radius 3 is 2.94 bits per heavy atom. The van der Waals surface area contributed by atoms with Gasteiger partial charge < -0.3 is 10.5 Å². The van der Waals surface area contributed by atoms with Gasteiger partial charge in [-0.05, 0) is 36.8 Å². The predicted molar refractivity (Wildman–Crippen MR) is 69.2 cm³/mol. The van der Waals surface area contributed by atoms with Gasteiger partial charge in [-0.2, -0.15) is 0 Å². The van der Waals surface area contributed by atoms with E-state index in [1.54, 1.807) is 6.20 Å². The van der Waals surface area contributed by atoms with Gasteiger partial charge >= 0.3 is 0 Å². The molecule has 2 unspecified atom stereocenters. The van der Waals surface area contributed by atoms with E-state index in [4.69, 9.17) is 22.1 Å². The standard InChI is InChI=1S/C13H19ClN2O/c1-9-4-2-3-5-11(9)17-13-12(14)10(8-15)6-7-16-13/h6-7,9,11H,2-5,8,15H2,1H3. The third-order valence-corrected chi connectivity index (χ3v) is 3.86. The summed E-state index contributed by atoms with van der Waals surface area (Å²) in [5.41, 5.74) is 6.50. The van der Waals surface area contributed by atoms with Gasteiger partial charge in [-0.15, -0.1) is 0 Å². The molecule has 0 saturated heterocycles. The highest BCUT2D eigenvalue weighted by atomic mass is 35.5. The van der Waals surface area contributed by atoms with Gasteiger partial charge in [0.25, 0.3) is 0 Å². The van der Waals surface area contributed by atoms with E-state index >= 15 is 0 Å². The van der Waals surface area contributed by atoms with Crippen molar-refractivity contribution < 1.29 is 4.74 Å². The van der Waals surface area contributed by atoms with Crippen molar-refractivity contribution >= 4 is 11.6 Å². The Bertz CT molecular complexity index is 384. The average Bonchev–Trinajstić information content (AvgIpc) is 2.34. The normalized spacial score (nSPS) is 24.6. The molecule has 1 aliphatic carbocycles. The van der Waals surface area contributed by atoms with Crippen molar-refractivity contribution in [2.75, 3.05) is 0 Å². The molecule has 3 nitrogen and oxygen atoms in total. The summed E-state index contributed by atoms with van der Waals surface area (Å²) in [6, 6.07) is 1.83. The first kappa shape index (κ1) is 12.7. The Morgan fingerprint density at radius 2 is 2.24 bits per heavy atom. The molecule has 2 atom stereocenters. The summed E-state index contributed by atoms with van der Waals surface area (Å²) >= 11 is 6.21. The van der Waals surface area contributed by atoms with Gasteiger partial charge in [0.2, 0.25) is 5.88 Å². The van der Waals surface area contributed by atoms with Crippen molar-refractivity contribution in [1.82, 2.24) is 4.98 Å². The fourth-order valence-electron chi connectivity index (χ4n) is 2.30. The van der Waals surface area contributed by atoms with Crippen LogP contribution in [-0.2, 0) is 6.54 Å². The van der Waals surface area contributed by atoms with Gasteiger partial charge in [0.05, 0.1) is 0 Å². The summed E-state index contributed by atoms with van der Waals surface area (Å²) in [6.45, 7) is 2.64. The van der Waals surface area contributed by atoms with E-state index in [0.717, 1.165) is 12.0 Å². The molecule has 0 radical (unpaired) electrons. The van der Waals surface area contributed by atoms with E-state index in [-0.39, 0.29) is 6.10 Å². The van der Waals surface area contributed by atoms with Crippen molar-refractivity contribution in [2.24, 2.45) is 11.7 Å². The zero-order valence-electron chi connectivity index (χ0n) is 10.2. The van der Waals surface area contributed by atoms with Crippen LogP contribution in [0.15, 0.2) is 12.3 Å². The van der Waals surface area contributed by atoms with Gasteiger partial charge in [-0.1, -0.05) is 24.9 Å². The van der Waals surface area contributed by atoms with Gasteiger partial charge in [-0.3, -0.25) is 0 Å². The molecule has 17 heavy (non-hydrogen) atoms. The number of pyridine rings is 1. The number of hydrogen-bond donors (Lipinski definition) is 1. The molecule has 1 fully saturated rings. The van der Waals surface area contributed by atoms with Crippen LogP contribution in [0.2, 0.25) is 5.02 Å². The number of rotatable bonds is 3. The molecule has 1 aliphatic rings. The second kappa shape index (κ2) is 5.69. The molecule has 1 aromatic rings. The van der Waals surface area contributed by atoms with Crippen molar-refractivity contribution in [3.63, 3.8) is 0 Å². The van der Waals surface area contributed by atoms with Crippen LogP contribution in [-0.4, -0.2) is 11.1 Å². The Balaban J connectivity index is 2.12. The molecule has 1 heterocycles. The van der Waals surface area contributed by atoms with Gasteiger partial charge in [0, 0.05) is 12.7 Å². The molecular formula is C13H19ClN2O. The Kier molecular flexibility index (Phi) is 4.24. The molecular weight excluding hydrogens is 236 g/mol. The smallest absolute Gasteiger partial charge is 0.233 e. The summed E-state index contributed by atoms with van der Waals surface area (Å²) in [6.07, 6.45) is 6.78. The number of halogens is 1. The molecule has 1 aromatic heterocycles. The quantitative estimate of drug-likeness (QED) is 0.902. The number of nitrogens with two attached hydrogens (primary N) is 1. The summed E-state index contributed by atoms with van der Waals surface area (Å²) in [5, 5.41) is 0.563. The minimum absolute atomic E-state index is 0.238. The Hall–Kier alpha value is -0.800. The highest BCUT2D eigenvalue weighted by molar-refractivity contribution is 6.32. The first-order chi connectivity index (χ1) is 8.22. The van der Waals surface area contributed by atoms with E-state index in [2.05, 4.69) is 11.9 Å². The van der Waals surface area contributed by atoms with E-state index in [1.165, 1.54) is 19.3 Å². The second-order valence-corrected chi connectivity index (χ2v) is 5.09. The van der Waals surface area contributed by atoms with Crippen LogP contribution in [0.3, 0.4) is 0 Å². The van der Waals surface area contributed by atoms with Crippen LogP contribution in [0.4, 0.5) is 0 Å². The largest absolute Gasteiger partial charge is 0.473 e. The summed E-state index contributed by atoms with van der Waals surface area (Å²) in [4.78, 5) is 4.21. The zero-order valence-corrected chi connectivity index (χ0v) is 10.9. The number of nitrogens with zero attached hydrogens (tertiary/aromatic N) is 1. The molecule has 2 rings (SSSR count). The van der Waals surface area contributed by atoms with Gasteiger partial charge in [-0.25, -0.2) is 4.98 Å². The third-order valence-electron chi connectivity index (χ3n) is 3.45. The first-order valence-electron chi connectivity index (χ1n) is 6.22. The first-order valence-corrected chi connectivity index (χ1v) is 6.60. The van der Waals surface area contributed by atoms with Crippen LogP contribution >= 0.6 is 11.6 Å². The molecule has 0 spiro atoms. The zero-order chi connectivity index (χ0) is 12.3. The van der Waals surface area contributed by atoms with Gasteiger partial charge in [0.1, 0.15) is 11.1 Å². The fraction of sp³-hybridized carbons (Fsp3) is 0.615. The minimum Gasteiger partial charge on any atom is -0.473 e. The maximum Gasteiger partial charge on any atom is 0.233 e. The number of aromatic nitrogens is 1. The van der Waals surface area contributed by atoms with Crippen LogP contribution in [0, 0.1) is 5.92 Å². The lowest BCUT2D eigenvalue weighted by Crippen LogP contribution is -2.28. The maximum atomic E-state index is 6.21. The lowest BCUT2D eigenvalue weighted by Gasteiger charge is -2.29. The van der Waals surface area contributed by atoms with E-state index < -0.39 is 0 Å². The van der Waals surface area contributed by atoms with Crippen molar-refractivity contribution in [2.45, 2.75) is 45.3 Å².